The highest BCUT2D eigenvalue weighted by molar-refractivity contribution is 7.98. The van der Waals surface area contributed by atoms with E-state index < -0.39 is 0 Å². The molecule has 26 heavy (non-hydrogen) atoms. The van der Waals surface area contributed by atoms with Gasteiger partial charge in [0.1, 0.15) is 4.83 Å². The Morgan fingerprint density at radius 2 is 1.85 bits per heavy atom. The standard InChI is InChI=1S/C16H18N6OS3/c1-5-16(2)6-8-9(7-23-16)26-12-10(8)11-17-19-14(24-3)21(11)13-18-20-15(25-4)22(12)13/h5-7H2,1-4H3/t16-/m0/s1. The molecule has 7 nitrogen and oxygen atoms in total. The van der Waals surface area contributed by atoms with Crippen LogP contribution in [-0.2, 0) is 17.8 Å². The number of nitrogens with zero attached hydrogens (tertiary/aromatic N) is 6. The molecule has 4 aromatic rings. The van der Waals surface area contributed by atoms with Crippen molar-refractivity contribution < 1.29 is 4.74 Å². The highest BCUT2D eigenvalue weighted by atomic mass is 32.2. The molecule has 0 saturated heterocycles. The lowest BCUT2D eigenvalue weighted by molar-refractivity contribution is -0.0542. The van der Waals surface area contributed by atoms with Gasteiger partial charge in [-0.3, -0.25) is 0 Å². The Labute approximate surface area is 162 Å². The molecule has 0 aromatic carbocycles. The summed E-state index contributed by atoms with van der Waals surface area (Å²) in [7, 11) is 0. The van der Waals surface area contributed by atoms with E-state index in [0.29, 0.717) is 6.61 Å². The monoisotopic (exact) mass is 406 g/mol. The summed E-state index contributed by atoms with van der Waals surface area (Å²) in [6, 6.07) is 0. The van der Waals surface area contributed by atoms with Crippen LogP contribution in [0.1, 0.15) is 30.7 Å². The van der Waals surface area contributed by atoms with Crippen LogP contribution in [0.4, 0.5) is 0 Å². The summed E-state index contributed by atoms with van der Waals surface area (Å²) in [5, 5.41) is 20.6. The summed E-state index contributed by atoms with van der Waals surface area (Å²) in [6.07, 6.45) is 5.90. The van der Waals surface area contributed by atoms with Gasteiger partial charge in [-0.1, -0.05) is 30.4 Å². The molecule has 0 amide bonds. The molecule has 136 valence electrons. The molecular weight excluding hydrogens is 388 g/mol. The maximum absolute atomic E-state index is 6.18. The molecule has 10 heteroatoms. The first-order chi connectivity index (χ1) is 12.6. The van der Waals surface area contributed by atoms with Gasteiger partial charge in [0, 0.05) is 11.3 Å². The van der Waals surface area contributed by atoms with Crippen LogP contribution in [0.15, 0.2) is 10.3 Å². The van der Waals surface area contributed by atoms with E-state index in [1.54, 1.807) is 34.9 Å². The number of hydrogen-bond acceptors (Lipinski definition) is 8. The van der Waals surface area contributed by atoms with Crippen LogP contribution in [0.3, 0.4) is 0 Å². The molecule has 0 saturated carbocycles. The molecule has 0 radical (unpaired) electrons. The first-order valence-corrected chi connectivity index (χ1v) is 11.6. The van der Waals surface area contributed by atoms with Crippen LogP contribution < -0.4 is 0 Å². The summed E-state index contributed by atoms with van der Waals surface area (Å²) in [6.45, 7) is 5.02. The third kappa shape index (κ3) is 2.12. The first-order valence-electron chi connectivity index (χ1n) is 8.38. The Balaban J connectivity index is 1.97. The van der Waals surface area contributed by atoms with Gasteiger partial charge < -0.3 is 4.74 Å². The highest BCUT2D eigenvalue weighted by Crippen LogP contribution is 2.42. The van der Waals surface area contributed by atoms with Crippen LogP contribution in [0.2, 0.25) is 0 Å². The van der Waals surface area contributed by atoms with Crippen LogP contribution in [-0.4, -0.2) is 47.3 Å². The van der Waals surface area contributed by atoms with Crippen LogP contribution >= 0.6 is 34.9 Å². The molecule has 1 atom stereocenters. The van der Waals surface area contributed by atoms with Crippen molar-refractivity contribution in [1.82, 2.24) is 29.2 Å². The molecule has 0 fully saturated rings. The summed E-state index contributed by atoms with van der Waals surface area (Å²) >= 11 is 4.93. The minimum atomic E-state index is -0.134. The molecule has 0 bridgehead atoms. The second-order valence-electron chi connectivity index (χ2n) is 6.62. The number of fused-ring (bicyclic) bond motifs is 8. The number of thiophene rings is 1. The molecule has 0 aliphatic carbocycles. The van der Waals surface area contributed by atoms with E-state index in [2.05, 4.69) is 38.6 Å². The first kappa shape index (κ1) is 16.8. The molecule has 5 rings (SSSR count). The second-order valence-corrected chi connectivity index (χ2v) is 9.25. The average Bonchev–Trinajstić information content (AvgIpc) is 3.34. The lowest BCUT2D eigenvalue weighted by Gasteiger charge is -2.32. The zero-order valence-corrected chi connectivity index (χ0v) is 17.4. The molecule has 5 heterocycles. The van der Waals surface area contributed by atoms with Gasteiger partial charge in [-0.15, -0.1) is 31.7 Å². The van der Waals surface area contributed by atoms with E-state index in [4.69, 9.17) is 4.74 Å². The molecule has 1 aliphatic rings. The zero-order valence-electron chi connectivity index (χ0n) is 14.9. The van der Waals surface area contributed by atoms with Crippen LogP contribution in [0, 0.1) is 0 Å². The normalized spacial score (nSPS) is 20.5. The van der Waals surface area contributed by atoms with Crippen molar-refractivity contribution in [2.45, 2.75) is 49.2 Å². The molecule has 1 aliphatic heterocycles. The van der Waals surface area contributed by atoms with Crippen LogP contribution in [0.5, 0.6) is 0 Å². The largest absolute Gasteiger partial charge is 0.369 e. The van der Waals surface area contributed by atoms with Crippen LogP contribution in [0.25, 0.3) is 21.6 Å². The second kappa shape index (κ2) is 5.82. The van der Waals surface area contributed by atoms with E-state index in [1.165, 1.54) is 15.8 Å². The third-order valence-corrected chi connectivity index (χ3v) is 7.61. The SMILES string of the molecule is CC[C@@]1(C)Cc2c(sc3c2c2nnc(SC)n2c2nnc(SC)n32)CO1. The summed E-state index contributed by atoms with van der Waals surface area (Å²) < 4.78 is 10.4. The van der Waals surface area contributed by atoms with E-state index in [1.807, 2.05) is 16.9 Å². The van der Waals surface area contributed by atoms with Gasteiger partial charge in [-0.05, 0) is 31.4 Å². The van der Waals surface area contributed by atoms with E-state index in [-0.39, 0.29) is 5.60 Å². The number of hydrogen-bond donors (Lipinski definition) is 0. The average molecular weight is 407 g/mol. The fraction of sp³-hybridized carbons (Fsp3) is 0.500. The molecule has 0 unspecified atom stereocenters. The molecule has 4 aromatic heterocycles. The van der Waals surface area contributed by atoms with E-state index in [9.17, 15) is 0 Å². The fourth-order valence-corrected chi connectivity index (χ4v) is 5.78. The van der Waals surface area contributed by atoms with Gasteiger partial charge in [-0.2, -0.15) is 0 Å². The lowest BCUT2D eigenvalue weighted by atomic mass is 9.90. The maximum Gasteiger partial charge on any atom is 0.245 e. The Kier molecular flexibility index (Phi) is 3.76. The molecular formula is C16H18N6OS3. The van der Waals surface area contributed by atoms with Gasteiger partial charge in [-0.25, -0.2) is 8.80 Å². The molecule has 0 spiro atoms. The summed E-state index contributed by atoms with van der Waals surface area (Å²) in [4.78, 5) is 2.41. The topological polar surface area (TPSA) is 69.6 Å². The Morgan fingerprint density at radius 1 is 1.12 bits per heavy atom. The zero-order chi connectivity index (χ0) is 18.1. The van der Waals surface area contributed by atoms with Crippen molar-refractivity contribution in [3.8, 4) is 0 Å². The van der Waals surface area contributed by atoms with Crippen molar-refractivity contribution in [2.24, 2.45) is 0 Å². The van der Waals surface area contributed by atoms with Gasteiger partial charge in [0.25, 0.3) is 0 Å². The van der Waals surface area contributed by atoms with Gasteiger partial charge in [0.15, 0.2) is 16.0 Å². The number of thioether (sulfide) groups is 2. The van der Waals surface area contributed by atoms with Crippen molar-refractivity contribution >= 4 is 56.5 Å². The predicted octanol–water partition coefficient (Wildman–Crippen LogP) is 3.67. The van der Waals surface area contributed by atoms with Gasteiger partial charge >= 0.3 is 0 Å². The fourth-order valence-electron chi connectivity index (χ4n) is 3.54. The minimum Gasteiger partial charge on any atom is -0.369 e. The number of aromatic nitrogens is 6. The van der Waals surface area contributed by atoms with E-state index >= 15 is 0 Å². The lowest BCUT2D eigenvalue weighted by Crippen LogP contribution is -2.33. The minimum absolute atomic E-state index is 0.134. The predicted molar refractivity (Wildman–Crippen MR) is 106 cm³/mol. The Bertz CT molecular complexity index is 1160. The smallest absolute Gasteiger partial charge is 0.245 e. The number of rotatable bonds is 3. The van der Waals surface area contributed by atoms with Crippen molar-refractivity contribution in [3.05, 3.63) is 10.4 Å². The van der Waals surface area contributed by atoms with Gasteiger partial charge in [0.05, 0.1) is 17.6 Å². The Morgan fingerprint density at radius 3 is 2.58 bits per heavy atom. The van der Waals surface area contributed by atoms with Crippen molar-refractivity contribution in [3.63, 3.8) is 0 Å². The van der Waals surface area contributed by atoms with E-state index in [0.717, 1.165) is 39.4 Å². The Hall–Kier alpha value is -1.36. The summed E-state index contributed by atoms with van der Waals surface area (Å²) in [5.41, 5.74) is 2.08. The third-order valence-electron chi connectivity index (χ3n) is 5.16. The van der Waals surface area contributed by atoms with Crippen molar-refractivity contribution in [2.75, 3.05) is 12.5 Å². The molecule has 0 N–H and O–H groups in total. The van der Waals surface area contributed by atoms with Crippen molar-refractivity contribution in [1.29, 1.82) is 0 Å². The highest BCUT2D eigenvalue weighted by Gasteiger charge is 2.34. The number of ether oxygens (including phenoxy) is 1. The quantitative estimate of drug-likeness (QED) is 0.481. The van der Waals surface area contributed by atoms with Gasteiger partial charge in [0.2, 0.25) is 5.78 Å². The summed E-state index contributed by atoms with van der Waals surface area (Å²) in [5.74, 6) is 0.768. The maximum atomic E-state index is 6.18.